The number of imidazole rings is 1. The molecule has 13 heteroatoms. The highest BCUT2D eigenvalue weighted by molar-refractivity contribution is 5.88. The number of hydrogen-bond acceptors (Lipinski definition) is 9. The lowest BCUT2D eigenvalue weighted by Crippen LogP contribution is -2.48. The van der Waals surface area contributed by atoms with Gasteiger partial charge in [0.15, 0.2) is 5.82 Å². The van der Waals surface area contributed by atoms with Crippen molar-refractivity contribution in [2.24, 2.45) is 0 Å². The first-order chi connectivity index (χ1) is 19.9. The summed E-state index contributed by atoms with van der Waals surface area (Å²) < 4.78 is 33.1. The van der Waals surface area contributed by atoms with Crippen LogP contribution in [0.15, 0.2) is 67.9 Å². The summed E-state index contributed by atoms with van der Waals surface area (Å²) in [6.45, 7) is 5.11. The van der Waals surface area contributed by atoms with Gasteiger partial charge in [-0.2, -0.15) is 8.78 Å². The van der Waals surface area contributed by atoms with E-state index >= 15 is 0 Å². The number of aryl methyl sites for hydroxylation is 1. The number of carbonyl (C=O) groups is 1. The zero-order chi connectivity index (χ0) is 28.5. The van der Waals surface area contributed by atoms with Gasteiger partial charge in [-0.05, 0) is 48.9 Å². The Bertz CT molecular complexity index is 1770. The molecule has 0 radical (unpaired) electrons. The van der Waals surface area contributed by atoms with Crippen LogP contribution in [0.2, 0.25) is 0 Å². The smallest absolute Gasteiger partial charge is 0.320 e. The molecule has 1 amide bonds. The van der Waals surface area contributed by atoms with Crippen molar-refractivity contribution in [3.63, 3.8) is 0 Å². The summed E-state index contributed by atoms with van der Waals surface area (Å²) in [5.41, 5.74) is 3.51. The topological polar surface area (TPSA) is 114 Å². The molecule has 1 aliphatic heterocycles. The largest absolute Gasteiger partial charge is 0.457 e. The third-order valence-electron chi connectivity index (χ3n) is 6.84. The van der Waals surface area contributed by atoms with E-state index in [-0.39, 0.29) is 5.91 Å². The highest BCUT2D eigenvalue weighted by Gasteiger charge is 2.22. The molecular formula is C28H25F2N9O2. The molecule has 4 heterocycles. The predicted molar refractivity (Wildman–Crippen MR) is 150 cm³/mol. The van der Waals surface area contributed by atoms with Gasteiger partial charge >= 0.3 is 6.55 Å². The summed E-state index contributed by atoms with van der Waals surface area (Å²) >= 11 is 0. The van der Waals surface area contributed by atoms with Crippen LogP contribution in [0, 0.1) is 6.92 Å². The Hall–Kier alpha value is -5.20. The van der Waals surface area contributed by atoms with Gasteiger partial charge in [-0.15, -0.1) is 0 Å². The molecule has 3 aromatic heterocycles. The molecule has 1 N–H and O–H groups in total. The van der Waals surface area contributed by atoms with Crippen molar-refractivity contribution in [2.45, 2.75) is 13.5 Å². The number of benzene rings is 2. The fourth-order valence-electron chi connectivity index (χ4n) is 4.68. The number of halogens is 2. The van der Waals surface area contributed by atoms with Crippen LogP contribution in [0.1, 0.15) is 12.1 Å². The first kappa shape index (κ1) is 26.0. The molecule has 1 fully saturated rings. The fourth-order valence-corrected chi connectivity index (χ4v) is 4.68. The number of nitrogens with zero attached hydrogens (tertiary/aromatic N) is 8. The fraction of sp³-hybridized carbons (Fsp3) is 0.214. The number of anilines is 3. The van der Waals surface area contributed by atoms with Crippen LogP contribution in [0.25, 0.3) is 22.1 Å². The number of ether oxygens (including phenoxy) is 1. The van der Waals surface area contributed by atoms with E-state index < -0.39 is 6.55 Å². The predicted octanol–water partition coefficient (Wildman–Crippen LogP) is 4.84. The normalized spacial score (nSPS) is 13.7. The van der Waals surface area contributed by atoms with Gasteiger partial charge in [-0.3, -0.25) is 9.36 Å². The monoisotopic (exact) mass is 557 g/mol. The van der Waals surface area contributed by atoms with Crippen molar-refractivity contribution in [3.05, 3.63) is 73.5 Å². The summed E-state index contributed by atoms with van der Waals surface area (Å²) in [4.78, 5) is 37.7. The molecule has 0 bridgehead atoms. The molecule has 41 heavy (non-hydrogen) atoms. The van der Waals surface area contributed by atoms with Crippen LogP contribution < -0.4 is 15.0 Å². The molecule has 6 rings (SSSR count). The minimum absolute atomic E-state index is 0.0849. The second kappa shape index (κ2) is 10.8. The number of amides is 1. The van der Waals surface area contributed by atoms with Crippen LogP contribution in [0.3, 0.4) is 0 Å². The number of aromatic nitrogens is 6. The number of rotatable bonds is 7. The van der Waals surface area contributed by atoms with Crippen LogP contribution >= 0.6 is 0 Å². The van der Waals surface area contributed by atoms with E-state index in [9.17, 15) is 13.6 Å². The standard InChI is InChI=1S/C28H25F2N9O2/c1-3-24(40)37-8-10-38(11-9-37)28-31-14-21-25(36-28)26(33-15-32-21)35-18-4-7-23(17(2)12-18)41-19-5-6-22-20(13-19)34-16-39(22)27(29)30/h3-7,12-16,27H,1,8-11H2,2H3,(H,32,33,35). The van der Waals surface area contributed by atoms with Crippen molar-refractivity contribution in [1.29, 1.82) is 0 Å². The van der Waals surface area contributed by atoms with Crippen molar-refractivity contribution >= 4 is 45.4 Å². The molecule has 208 valence electrons. The second-order valence-electron chi connectivity index (χ2n) is 9.43. The van der Waals surface area contributed by atoms with Crippen LogP contribution in [0.5, 0.6) is 11.5 Å². The van der Waals surface area contributed by atoms with Gasteiger partial charge in [0, 0.05) is 37.9 Å². The molecule has 2 aromatic carbocycles. The number of piperazine rings is 1. The Morgan fingerprint density at radius 2 is 1.88 bits per heavy atom. The van der Waals surface area contributed by atoms with Gasteiger partial charge in [-0.25, -0.2) is 24.9 Å². The average molecular weight is 558 g/mol. The van der Waals surface area contributed by atoms with Gasteiger partial charge < -0.3 is 19.9 Å². The summed E-state index contributed by atoms with van der Waals surface area (Å²) in [6, 6.07) is 10.4. The van der Waals surface area contributed by atoms with Crippen molar-refractivity contribution in [3.8, 4) is 11.5 Å². The minimum Gasteiger partial charge on any atom is -0.457 e. The molecule has 0 unspecified atom stereocenters. The quantitative estimate of drug-likeness (QED) is 0.281. The lowest BCUT2D eigenvalue weighted by Gasteiger charge is -2.34. The van der Waals surface area contributed by atoms with Gasteiger partial charge in [0.05, 0.1) is 17.2 Å². The van der Waals surface area contributed by atoms with Crippen LogP contribution in [0.4, 0.5) is 26.2 Å². The maximum absolute atomic E-state index is 13.1. The van der Waals surface area contributed by atoms with Crippen molar-refractivity contribution in [1.82, 2.24) is 34.4 Å². The minimum atomic E-state index is -2.66. The van der Waals surface area contributed by atoms with E-state index in [1.807, 2.05) is 30.0 Å². The summed E-state index contributed by atoms with van der Waals surface area (Å²) in [5.74, 6) is 2.07. The maximum Gasteiger partial charge on any atom is 0.320 e. The van der Waals surface area contributed by atoms with E-state index in [1.54, 1.807) is 29.3 Å². The zero-order valence-electron chi connectivity index (χ0n) is 22.0. The summed E-state index contributed by atoms with van der Waals surface area (Å²) in [6.07, 6.45) is 5.55. The van der Waals surface area contributed by atoms with E-state index in [2.05, 4.69) is 31.8 Å². The Kier molecular flexibility index (Phi) is 6.83. The Morgan fingerprint density at radius 1 is 1.05 bits per heavy atom. The highest BCUT2D eigenvalue weighted by Crippen LogP contribution is 2.31. The summed E-state index contributed by atoms with van der Waals surface area (Å²) in [5, 5.41) is 3.31. The average Bonchev–Trinajstić information content (AvgIpc) is 3.42. The molecule has 0 aliphatic carbocycles. The van der Waals surface area contributed by atoms with Gasteiger partial charge in [0.25, 0.3) is 0 Å². The third-order valence-corrected chi connectivity index (χ3v) is 6.84. The lowest BCUT2D eigenvalue weighted by atomic mass is 10.2. The highest BCUT2D eigenvalue weighted by atomic mass is 19.3. The van der Waals surface area contributed by atoms with Crippen molar-refractivity contribution < 1.29 is 18.3 Å². The number of carbonyl (C=O) groups excluding carboxylic acids is 1. The number of nitrogens with one attached hydrogen (secondary N) is 1. The van der Waals surface area contributed by atoms with Crippen molar-refractivity contribution in [2.75, 3.05) is 36.4 Å². The molecule has 0 spiro atoms. The van der Waals surface area contributed by atoms with Crippen LogP contribution in [-0.2, 0) is 4.79 Å². The first-order valence-electron chi connectivity index (χ1n) is 12.8. The zero-order valence-corrected chi connectivity index (χ0v) is 22.0. The Labute approximate surface area is 233 Å². The molecule has 1 saturated heterocycles. The van der Waals surface area contributed by atoms with Gasteiger partial charge in [0.1, 0.15) is 35.2 Å². The molecule has 5 aromatic rings. The SMILES string of the molecule is C=CC(=O)N1CCN(c2ncc3ncnc(Nc4ccc(Oc5ccc6c(c5)ncn6C(F)F)c(C)c4)c3n2)CC1. The van der Waals surface area contributed by atoms with E-state index in [0.29, 0.717) is 71.5 Å². The molecule has 0 saturated carbocycles. The lowest BCUT2D eigenvalue weighted by molar-refractivity contribution is -0.126. The second-order valence-corrected chi connectivity index (χ2v) is 9.43. The van der Waals surface area contributed by atoms with Gasteiger partial charge in [0.2, 0.25) is 11.9 Å². The number of hydrogen-bond donors (Lipinski definition) is 1. The Balaban J connectivity index is 1.19. The Morgan fingerprint density at radius 3 is 2.63 bits per heavy atom. The van der Waals surface area contributed by atoms with E-state index in [1.165, 1.54) is 12.4 Å². The van der Waals surface area contributed by atoms with E-state index in [0.717, 1.165) is 22.1 Å². The van der Waals surface area contributed by atoms with Gasteiger partial charge in [-0.1, -0.05) is 6.58 Å². The first-order valence-corrected chi connectivity index (χ1v) is 12.8. The molecular weight excluding hydrogens is 532 g/mol. The van der Waals surface area contributed by atoms with Crippen LogP contribution in [-0.4, -0.2) is 66.5 Å². The summed E-state index contributed by atoms with van der Waals surface area (Å²) in [7, 11) is 0. The molecule has 11 nitrogen and oxygen atoms in total. The number of fused-ring (bicyclic) bond motifs is 2. The molecule has 1 aliphatic rings. The third kappa shape index (κ3) is 5.21. The maximum atomic E-state index is 13.1. The number of alkyl halides is 2. The molecule has 0 atom stereocenters. The van der Waals surface area contributed by atoms with E-state index in [4.69, 9.17) is 9.72 Å².